The van der Waals surface area contributed by atoms with Crippen molar-refractivity contribution in [3.63, 3.8) is 0 Å². The minimum atomic E-state index is -0.0899. The van der Waals surface area contributed by atoms with Gasteiger partial charge in [-0.3, -0.25) is 0 Å². The predicted octanol–water partition coefficient (Wildman–Crippen LogP) is 2.12. The molecule has 3 heterocycles. The summed E-state index contributed by atoms with van der Waals surface area (Å²) in [5, 5.41) is 33.0. The van der Waals surface area contributed by atoms with E-state index in [1.807, 2.05) is 0 Å². The largest absolute Gasteiger partial charge is 0.507 e. The van der Waals surface area contributed by atoms with E-state index in [0.29, 0.717) is 21.4 Å². The first-order valence-corrected chi connectivity index (χ1v) is 7.41. The third-order valence-corrected chi connectivity index (χ3v) is 4.38. The number of ether oxygens (including phenoxy) is 1. The molecule has 21 heavy (non-hydrogen) atoms. The molecule has 0 saturated carbocycles. The number of rotatable bonds is 2. The second kappa shape index (κ2) is 4.68. The highest BCUT2D eigenvalue weighted by Gasteiger charge is 2.26. The molecule has 2 N–H and O–H groups in total. The molecule has 3 aromatic rings. The SMILES string of the molecule is Oc1cccc(O)c1-c1nn2c(C3CCCO3)nnc2s1. The molecular formula is C13H12N4O3S. The monoisotopic (exact) mass is 304 g/mol. The van der Waals surface area contributed by atoms with Crippen molar-refractivity contribution in [3.05, 3.63) is 24.0 Å². The summed E-state index contributed by atoms with van der Waals surface area (Å²) in [7, 11) is 0. The van der Waals surface area contributed by atoms with Crippen LogP contribution in [0.1, 0.15) is 24.8 Å². The van der Waals surface area contributed by atoms with Crippen LogP contribution < -0.4 is 0 Å². The number of aromatic nitrogens is 4. The second-order valence-electron chi connectivity index (χ2n) is 4.83. The van der Waals surface area contributed by atoms with Crippen molar-refractivity contribution >= 4 is 16.3 Å². The molecule has 0 spiro atoms. The molecule has 7 nitrogen and oxygen atoms in total. The standard InChI is InChI=1S/C13H12N4O3S/c18-7-3-1-4-8(19)10(7)12-16-17-11(9-5-2-6-20-9)14-15-13(17)21-12/h1,3-4,9,18-19H,2,5-6H2. The van der Waals surface area contributed by atoms with Gasteiger partial charge in [0.2, 0.25) is 4.96 Å². The van der Waals surface area contributed by atoms with Crippen LogP contribution in [-0.4, -0.2) is 36.6 Å². The van der Waals surface area contributed by atoms with E-state index in [1.54, 1.807) is 10.6 Å². The van der Waals surface area contributed by atoms with Crippen LogP contribution in [0.3, 0.4) is 0 Å². The van der Waals surface area contributed by atoms with Crippen molar-refractivity contribution < 1.29 is 14.9 Å². The maximum atomic E-state index is 9.92. The van der Waals surface area contributed by atoms with E-state index in [2.05, 4.69) is 15.3 Å². The van der Waals surface area contributed by atoms with Crippen LogP contribution in [0.5, 0.6) is 11.5 Å². The average Bonchev–Trinajstić information content (AvgIpc) is 3.13. The topological polar surface area (TPSA) is 92.8 Å². The fourth-order valence-electron chi connectivity index (χ4n) is 2.46. The van der Waals surface area contributed by atoms with Crippen molar-refractivity contribution in [1.29, 1.82) is 0 Å². The van der Waals surface area contributed by atoms with Gasteiger partial charge in [0.05, 0.1) is 5.56 Å². The summed E-state index contributed by atoms with van der Waals surface area (Å²) in [5.74, 6) is 0.636. The number of fused-ring (bicyclic) bond motifs is 1. The van der Waals surface area contributed by atoms with Crippen LogP contribution in [-0.2, 0) is 4.74 Å². The van der Waals surface area contributed by atoms with E-state index >= 15 is 0 Å². The Labute approximate surface area is 123 Å². The number of aromatic hydroxyl groups is 2. The van der Waals surface area contributed by atoms with Gasteiger partial charge in [0, 0.05) is 6.61 Å². The molecule has 1 saturated heterocycles. The maximum Gasteiger partial charge on any atom is 0.235 e. The van der Waals surface area contributed by atoms with E-state index < -0.39 is 0 Å². The van der Waals surface area contributed by atoms with Gasteiger partial charge < -0.3 is 14.9 Å². The van der Waals surface area contributed by atoms with Crippen molar-refractivity contribution in [2.75, 3.05) is 6.61 Å². The zero-order valence-corrected chi connectivity index (χ0v) is 11.7. The van der Waals surface area contributed by atoms with Crippen molar-refractivity contribution in [3.8, 4) is 22.1 Å². The zero-order chi connectivity index (χ0) is 14.4. The summed E-state index contributed by atoms with van der Waals surface area (Å²) in [6, 6.07) is 4.60. The van der Waals surface area contributed by atoms with Gasteiger partial charge >= 0.3 is 0 Å². The van der Waals surface area contributed by atoms with Crippen molar-refractivity contribution in [1.82, 2.24) is 19.8 Å². The zero-order valence-electron chi connectivity index (χ0n) is 10.9. The number of nitrogens with zero attached hydrogens (tertiary/aromatic N) is 4. The molecule has 0 amide bonds. The Bertz CT molecular complexity index is 787. The smallest absolute Gasteiger partial charge is 0.235 e. The Morgan fingerprint density at radius 2 is 2.05 bits per heavy atom. The third kappa shape index (κ3) is 1.95. The van der Waals surface area contributed by atoms with Gasteiger partial charge in [0.25, 0.3) is 0 Å². The van der Waals surface area contributed by atoms with E-state index in [9.17, 15) is 10.2 Å². The second-order valence-corrected chi connectivity index (χ2v) is 5.79. The van der Waals surface area contributed by atoms with E-state index in [1.165, 1.54) is 23.5 Å². The third-order valence-electron chi connectivity index (χ3n) is 3.47. The minimum absolute atomic E-state index is 0.0152. The lowest BCUT2D eigenvalue weighted by Gasteiger charge is -2.05. The van der Waals surface area contributed by atoms with E-state index in [0.717, 1.165) is 19.4 Å². The molecule has 1 aliphatic heterocycles. The average molecular weight is 304 g/mol. The Kier molecular flexibility index (Phi) is 2.79. The summed E-state index contributed by atoms with van der Waals surface area (Å²) in [6.45, 7) is 0.719. The molecule has 108 valence electrons. The Balaban J connectivity index is 1.84. The predicted molar refractivity (Wildman–Crippen MR) is 75.4 cm³/mol. The van der Waals surface area contributed by atoms with Crippen LogP contribution in [0.25, 0.3) is 15.5 Å². The molecule has 1 atom stereocenters. The quantitative estimate of drug-likeness (QED) is 0.753. The highest BCUT2D eigenvalue weighted by atomic mass is 32.1. The lowest BCUT2D eigenvalue weighted by atomic mass is 10.2. The number of benzene rings is 1. The van der Waals surface area contributed by atoms with Gasteiger partial charge in [0.1, 0.15) is 17.6 Å². The molecule has 0 radical (unpaired) electrons. The summed E-state index contributed by atoms with van der Waals surface area (Å²) in [4.78, 5) is 0.609. The molecule has 1 unspecified atom stereocenters. The van der Waals surface area contributed by atoms with Gasteiger partial charge in [-0.05, 0) is 25.0 Å². The number of phenolic OH excluding ortho intramolecular Hbond substituents is 2. The first-order valence-electron chi connectivity index (χ1n) is 6.59. The van der Waals surface area contributed by atoms with Crippen molar-refractivity contribution in [2.45, 2.75) is 18.9 Å². The van der Waals surface area contributed by atoms with E-state index in [-0.39, 0.29) is 17.6 Å². The lowest BCUT2D eigenvalue weighted by Crippen LogP contribution is -2.03. The van der Waals surface area contributed by atoms with Crippen molar-refractivity contribution in [2.24, 2.45) is 0 Å². The highest BCUT2D eigenvalue weighted by molar-refractivity contribution is 7.19. The molecule has 1 fully saturated rings. The molecule has 0 aliphatic carbocycles. The molecule has 1 aliphatic rings. The van der Waals surface area contributed by atoms with Gasteiger partial charge in [-0.1, -0.05) is 17.4 Å². The van der Waals surface area contributed by atoms with Gasteiger partial charge in [-0.15, -0.1) is 10.2 Å². The Hall–Kier alpha value is -2.19. The summed E-state index contributed by atoms with van der Waals surface area (Å²) >= 11 is 1.26. The number of phenols is 2. The highest BCUT2D eigenvalue weighted by Crippen LogP contribution is 2.39. The van der Waals surface area contributed by atoms with Crippen LogP contribution in [0.2, 0.25) is 0 Å². The maximum absolute atomic E-state index is 9.92. The molecule has 0 bridgehead atoms. The fourth-order valence-corrected chi connectivity index (χ4v) is 3.37. The molecule has 8 heteroatoms. The number of hydrogen-bond donors (Lipinski definition) is 2. The number of hydrogen-bond acceptors (Lipinski definition) is 7. The van der Waals surface area contributed by atoms with Crippen LogP contribution in [0.15, 0.2) is 18.2 Å². The van der Waals surface area contributed by atoms with Gasteiger partial charge in [0.15, 0.2) is 10.8 Å². The molecule has 1 aromatic carbocycles. The summed E-state index contributed by atoms with van der Waals surface area (Å²) < 4.78 is 7.24. The Morgan fingerprint density at radius 3 is 2.76 bits per heavy atom. The van der Waals surface area contributed by atoms with Crippen LogP contribution in [0.4, 0.5) is 0 Å². The molecule has 4 rings (SSSR count). The Morgan fingerprint density at radius 1 is 1.24 bits per heavy atom. The fraction of sp³-hybridized carbons (Fsp3) is 0.308. The van der Waals surface area contributed by atoms with Crippen LogP contribution in [0, 0.1) is 0 Å². The molecule has 2 aromatic heterocycles. The van der Waals surface area contributed by atoms with Crippen LogP contribution >= 0.6 is 11.3 Å². The normalized spacial score (nSPS) is 18.6. The first kappa shape index (κ1) is 12.5. The van der Waals surface area contributed by atoms with Gasteiger partial charge in [-0.2, -0.15) is 9.61 Å². The lowest BCUT2D eigenvalue weighted by molar-refractivity contribution is 0.103. The van der Waals surface area contributed by atoms with E-state index in [4.69, 9.17) is 4.74 Å². The minimum Gasteiger partial charge on any atom is -0.507 e. The summed E-state index contributed by atoms with van der Waals surface area (Å²) in [6.07, 6.45) is 1.81. The first-order chi connectivity index (χ1) is 10.2. The van der Waals surface area contributed by atoms with Gasteiger partial charge in [-0.25, -0.2) is 0 Å². The summed E-state index contributed by atoms with van der Waals surface area (Å²) in [5.41, 5.74) is 0.311. The molecular weight excluding hydrogens is 292 g/mol.